The van der Waals surface area contributed by atoms with Crippen molar-refractivity contribution < 1.29 is 12.9 Å². The minimum Gasteiger partial charge on any atom is -0.360 e. The van der Waals surface area contributed by atoms with Crippen molar-refractivity contribution >= 4 is 26.7 Å². The molecule has 2 aromatic carbocycles. The molecule has 4 aromatic rings. The predicted octanol–water partition coefficient (Wildman–Crippen LogP) is 3.64. The summed E-state index contributed by atoms with van der Waals surface area (Å²) in [7, 11) is -3.79. The van der Waals surface area contributed by atoms with Gasteiger partial charge in [0.1, 0.15) is 11.5 Å². The van der Waals surface area contributed by atoms with E-state index in [0.29, 0.717) is 17.2 Å². The summed E-state index contributed by atoms with van der Waals surface area (Å²) in [6.45, 7) is 3.16. The van der Waals surface area contributed by atoms with Crippen molar-refractivity contribution in [2.75, 3.05) is 4.72 Å². The molecule has 2 aromatic heterocycles. The molecule has 0 aliphatic carbocycles. The van der Waals surface area contributed by atoms with Crippen molar-refractivity contribution in [1.82, 2.24) is 15.1 Å². The molecule has 0 spiro atoms. The molecular formula is C18H16N4O3S. The van der Waals surface area contributed by atoms with Gasteiger partial charge in [-0.15, -0.1) is 0 Å². The molecule has 2 heterocycles. The minimum atomic E-state index is -3.79. The highest BCUT2D eigenvalue weighted by atomic mass is 32.2. The zero-order valence-corrected chi connectivity index (χ0v) is 15.0. The molecule has 4 rings (SSSR count). The fourth-order valence-electron chi connectivity index (χ4n) is 2.88. The van der Waals surface area contributed by atoms with Crippen LogP contribution < -0.4 is 4.72 Å². The largest absolute Gasteiger partial charge is 0.360 e. The summed E-state index contributed by atoms with van der Waals surface area (Å²) in [5.41, 5.74) is 3.31. The number of aromatic amines is 1. The number of hydrogen-bond acceptors (Lipinski definition) is 5. The predicted molar refractivity (Wildman–Crippen MR) is 98.3 cm³/mol. The maximum atomic E-state index is 12.7. The van der Waals surface area contributed by atoms with Crippen LogP contribution in [0.15, 0.2) is 57.9 Å². The Morgan fingerprint density at radius 2 is 1.88 bits per heavy atom. The topological polar surface area (TPSA) is 101 Å². The van der Waals surface area contributed by atoms with Crippen LogP contribution in [0.1, 0.15) is 11.5 Å². The average molecular weight is 368 g/mol. The highest BCUT2D eigenvalue weighted by molar-refractivity contribution is 7.92. The van der Waals surface area contributed by atoms with Gasteiger partial charge in [0.15, 0.2) is 10.7 Å². The number of imidazole rings is 1. The second kappa shape index (κ2) is 5.99. The number of nitrogens with zero attached hydrogens (tertiary/aromatic N) is 2. The lowest BCUT2D eigenvalue weighted by Crippen LogP contribution is -2.14. The van der Waals surface area contributed by atoms with Crippen molar-refractivity contribution in [1.29, 1.82) is 0 Å². The van der Waals surface area contributed by atoms with Crippen LogP contribution in [0, 0.1) is 13.8 Å². The molecule has 26 heavy (non-hydrogen) atoms. The van der Waals surface area contributed by atoms with Gasteiger partial charge >= 0.3 is 0 Å². The normalized spacial score (nSPS) is 11.8. The smallest absolute Gasteiger partial charge is 0.267 e. The Kier molecular flexibility index (Phi) is 3.77. The first-order chi connectivity index (χ1) is 12.4. The monoisotopic (exact) mass is 368 g/mol. The zero-order chi connectivity index (χ0) is 18.3. The maximum Gasteiger partial charge on any atom is 0.267 e. The molecule has 0 saturated carbocycles. The molecule has 0 unspecified atom stereocenters. The van der Waals surface area contributed by atoms with E-state index >= 15 is 0 Å². The van der Waals surface area contributed by atoms with E-state index in [4.69, 9.17) is 4.52 Å². The fraction of sp³-hybridized carbons (Fsp3) is 0.111. The lowest BCUT2D eigenvalue weighted by atomic mass is 10.2. The molecule has 132 valence electrons. The van der Waals surface area contributed by atoms with Crippen molar-refractivity contribution in [3.8, 4) is 11.4 Å². The van der Waals surface area contributed by atoms with E-state index in [0.717, 1.165) is 16.6 Å². The van der Waals surface area contributed by atoms with Crippen LogP contribution in [0.2, 0.25) is 0 Å². The van der Waals surface area contributed by atoms with Gasteiger partial charge in [-0.1, -0.05) is 29.4 Å². The zero-order valence-electron chi connectivity index (χ0n) is 14.1. The van der Waals surface area contributed by atoms with E-state index < -0.39 is 10.0 Å². The highest BCUT2D eigenvalue weighted by Crippen LogP contribution is 2.26. The van der Waals surface area contributed by atoms with Gasteiger partial charge < -0.3 is 9.51 Å². The van der Waals surface area contributed by atoms with E-state index in [2.05, 4.69) is 19.8 Å². The van der Waals surface area contributed by atoms with Crippen LogP contribution >= 0.6 is 0 Å². The van der Waals surface area contributed by atoms with Crippen LogP contribution in [0.5, 0.6) is 0 Å². The van der Waals surface area contributed by atoms with E-state index in [1.165, 1.54) is 0 Å². The van der Waals surface area contributed by atoms with Crippen LogP contribution in [-0.4, -0.2) is 23.5 Å². The Morgan fingerprint density at radius 3 is 2.62 bits per heavy atom. The molecular weight excluding hydrogens is 352 g/mol. The molecule has 0 saturated heterocycles. The molecule has 0 aliphatic rings. The molecule has 0 bridgehead atoms. The van der Waals surface area contributed by atoms with Crippen molar-refractivity contribution in [3.05, 3.63) is 60.0 Å². The first-order valence-corrected chi connectivity index (χ1v) is 9.43. The van der Waals surface area contributed by atoms with Gasteiger partial charge in [0.2, 0.25) is 0 Å². The summed E-state index contributed by atoms with van der Waals surface area (Å²) in [6.07, 6.45) is 0. The van der Waals surface area contributed by atoms with E-state index in [9.17, 15) is 8.42 Å². The summed E-state index contributed by atoms with van der Waals surface area (Å²) in [5, 5.41) is 3.70. The number of rotatable bonds is 4. The summed E-state index contributed by atoms with van der Waals surface area (Å²) in [5.74, 6) is 0.924. The first kappa shape index (κ1) is 16.3. The molecule has 7 nitrogen and oxygen atoms in total. The number of H-pyrrole nitrogens is 1. The third kappa shape index (κ3) is 2.84. The van der Waals surface area contributed by atoms with E-state index in [1.54, 1.807) is 32.0 Å². The number of fused-ring (bicyclic) bond motifs is 1. The second-order valence-electron chi connectivity index (χ2n) is 5.94. The number of aryl methyl sites for hydroxylation is 2. The fourth-order valence-corrected chi connectivity index (χ4v) is 4.27. The quantitative estimate of drug-likeness (QED) is 0.573. The number of anilines is 1. The Labute approximate surface area is 150 Å². The van der Waals surface area contributed by atoms with E-state index in [1.807, 2.05) is 30.3 Å². The van der Waals surface area contributed by atoms with Crippen LogP contribution in [-0.2, 0) is 10.0 Å². The van der Waals surface area contributed by atoms with Gasteiger partial charge in [0.25, 0.3) is 10.0 Å². The molecule has 0 aliphatic heterocycles. The first-order valence-electron chi connectivity index (χ1n) is 7.95. The van der Waals surface area contributed by atoms with Crippen molar-refractivity contribution in [2.45, 2.75) is 18.7 Å². The maximum absolute atomic E-state index is 12.7. The third-order valence-corrected chi connectivity index (χ3v) is 5.64. The Hall–Kier alpha value is -3.13. The van der Waals surface area contributed by atoms with Crippen molar-refractivity contribution in [2.24, 2.45) is 0 Å². The highest BCUT2D eigenvalue weighted by Gasteiger charge is 2.24. The van der Waals surface area contributed by atoms with Gasteiger partial charge in [-0.05, 0) is 38.1 Å². The lowest BCUT2D eigenvalue weighted by Gasteiger charge is -2.08. The number of para-hydroxylation sites is 2. The van der Waals surface area contributed by atoms with E-state index in [-0.39, 0.29) is 10.7 Å². The standard InChI is InChI=1S/C18H16N4O3S/c1-11-17(12(2)25-21-11)26(23,24)22-14-7-5-6-13(10-14)18-19-15-8-3-4-9-16(15)20-18/h3-10,22H,1-2H3,(H,19,20). The molecule has 0 amide bonds. The van der Waals surface area contributed by atoms with Gasteiger partial charge in [0, 0.05) is 11.3 Å². The van der Waals surface area contributed by atoms with Gasteiger partial charge in [-0.2, -0.15) is 0 Å². The van der Waals surface area contributed by atoms with Gasteiger partial charge in [-0.25, -0.2) is 13.4 Å². The SMILES string of the molecule is Cc1noc(C)c1S(=O)(=O)Nc1cccc(-c2nc3ccccc3[nH]2)c1. The number of aromatic nitrogens is 3. The number of hydrogen-bond donors (Lipinski definition) is 2. The molecule has 2 N–H and O–H groups in total. The van der Waals surface area contributed by atoms with Gasteiger partial charge in [-0.3, -0.25) is 4.72 Å². The Bertz CT molecular complexity index is 1160. The lowest BCUT2D eigenvalue weighted by molar-refractivity contribution is 0.390. The summed E-state index contributed by atoms with van der Waals surface area (Å²) in [6, 6.07) is 14.8. The third-order valence-electron chi connectivity index (χ3n) is 4.01. The molecule has 0 radical (unpaired) electrons. The second-order valence-corrected chi connectivity index (χ2v) is 7.56. The summed E-state index contributed by atoms with van der Waals surface area (Å²) >= 11 is 0. The Morgan fingerprint density at radius 1 is 1.08 bits per heavy atom. The summed E-state index contributed by atoms with van der Waals surface area (Å²) < 4.78 is 32.9. The van der Waals surface area contributed by atoms with Crippen LogP contribution in [0.4, 0.5) is 5.69 Å². The minimum absolute atomic E-state index is 0.0617. The van der Waals surface area contributed by atoms with Gasteiger partial charge in [0.05, 0.1) is 11.0 Å². The summed E-state index contributed by atoms with van der Waals surface area (Å²) in [4.78, 5) is 7.84. The number of sulfonamides is 1. The van der Waals surface area contributed by atoms with Crippen LogP contribution in [0.3, 0.4) is 0 Å². The number of benzene rings is 2. The number of nitrogens with one attached hydrogen (secondary N) is 2. The molecule has 0 atom stereocenters. The Balaban J connectivity index is 1.70. The van der Waals surface area contributed by atoms with Crippen LogP contribution in [0.25, 0.3) is 22.4 Å². The molecule has 8 heteroatoms. The average Bonchev–Trinajstić information content (AvgIpc) is 3.18. The van der Waals surface area contributed by atoms with Crippen molar-refractivity contribution in [3.63, 3.8) is 0 Å². The molecule has 0 fully saturated rings.